The molecule has 0 atom stereocenters. The van der Waals surface area contributed by atoms with E-state index in [-0.39, 0.29) is 29.3 Å². The summed E-state index contributed by atoms with van der Waals surface area (Å²) in [5.74, 6) is -0.824. The molecule has 1 aromatic carbocycles. The summed E-state index contributed by atoms with van der Waals surface area (Å²) in [6.07, 6.45) is -0.210. The van der Waals surface area contributed by atoms with Crippen molar-refractivity contribution in [3.63, 3.8) is 0 Å². The van der Waals surface area contributed by atoms with E-state index < -0.39 is 22.0 Å². The van der Waals surface area contributed by atoms with E-state index in [4.69, 9.17) is 9.84 Å². The summed E-state index contributed by atoms with van der Waals surface area (Å²) in [5, 5.41) is 13.4. The normalized spacial score (nSPS) is 11.2. The lowest BCUT2D eigenvalue weighted by molar-refractivity contribution is -0.136. The predicted octanol–water partition coefficient (Wildman–Crippen LogP) is 1.71. The zero-order chi connectivity index (χ0) is 19.7. The first-order valence-electron chi connectivity index (χ1n) is 8.29. The van der Waals surface area contributed by atoms with Crippen molar-refractivity contribution in [1.82, 2.24) is 9.62 Å². The maximum Gasteiger partial charge on any atom is 0.319 e. The van der Waals surface area contributed by atoms with E-state index in [0.29, 0.717) is 19.7 Å². The van der Waals surface area contributed by atoms with E-state index in [0.717, 1.165) is 0 Å². The number of sulfonamides is 1. The van der Waals surface area contributed by atoms with Crippen LogP contribution in [0.2, 0.25) is 0 Å². The van der Waals surface area contributed by atoms with Gasteiger partial charge in [0.05, 0.1) is 13.0 Å². The molecule has 26 heavy (non-hydrogen) atoms. The summed E-state index contributed by atoms with van der Waals surface area (Å²) >= 11 is 0. The van der Waals surface area contributed by atoms with Crippen LogP contribution in [-0.2, 0) is 14.8 Å². The lowest BCUT2D eigenvalue weighted by atomic mass is 10.3. The first-order chi connectivity index (χ1) is 12.3. The number of carboxylic acid groups (broad SMARTS) is 1. The Kier molecular flexibility index (Phi) is 8.33. The minimum absolute atomic E-state index is 0.0358. The molecule has 9 nitrogen and oxygen atoms in total. The van der Waals surface area contributed by atoms with Crippen molar-refractivity contribution in [3.8, 4) is 5.75 Å². The number of carbonyl (C=O) groups is 2. The Morgan fingerprint density at radius 2 is 1.85 bits per heavy atom. The highest BCUT2D eigenvalue weighted by Gasteiger charge is 2.26. The van der Waals surface area contributed by atoms with Gasteiger partial charge in [0, 0.05) is 25.3 Å². The van der Waals surface area contributed by atoms with Gasteiger partial charge in [0.2, 0.25) is 10.0 Å². The third kappa shape index (κ3) is 5.88. The van der Waals surface area contributed by atoms with Crippen LogP contribution in [0, 0.1) is 0 Å². The van der Waals surface area contributed by atoms with Crippen molar-refractivity contribution in [1.29, 1.82) is 0 Å². The molecule has 0 saturated carbocycles. The lowest BCUT2D eigenvalue weighted by Gasteiger charge is -2.21. The molecule has 0 aliphatic heterocycles. The van der Waals surface area contributed by atoms with Gasteiger partial charge in [0.1, 0.15) is 10.6 Å². The molecule has 2 amide bonds. The van der Waals surface area contributed by atoms with Gasteiger partial charge in [-0.05, 0) is 25.1 Å². The average Bonchev–Trinajstić information content (AvgIpc) is 2.56. The number of nitrogens with zero attached hydrogens (tertiary/aromatic N) is 1. The Morgan fingerprint density at radius 3 is 2.38 bits per heavy atom. The van der Waals surface area contributed by atoms with Crippen LogP contribution in [0.5, 0.6) is 5.75 Å². The van der Waals surface area contributed by atoms with Gasteiger partial charge in [-0.3, -0.25) is 4.79 Å². The summed E-state index contributed by atoms with van der Waals surface area (Å²) in [7, 11) is -3.78. The quantitative estimate of drug-likeness (QED) is 0.561. The van der Waals surface area contributed by atoms with E-state index in [1.807, 2.05) is 0 Å². The molecule has 1 rings (SSSR count). The molecule has 0 unspecified atom stereocenters. The molecular formula is C16H25N3O6S. The monoisotopic (exact) mass is 387 g/mol. The number of carbonyl (C=O) groups excluding carboxylic acids is 1. The third-order valence-corrected chi connectivity index (χ3v) is 5.52. The van der Waals surface area contributed by atoms with Crippen LogP contribution < -0.4 is 15.4 Å². The molecule has 0 aliphatic carbocycles. The molecule has 0 radical (unpaired) electrons. The Labute approximate surface area is 153 Å². The molecule has 0 spiro atoms. The number of benzene rings is 1. The second-order valence-electron chi connectivity index (χ2n) is 5.21. The molecule has 0 saturated heterocycles. The zero-order valence-corrected chi connectivity index (χ0v) is 15.9. The number of aliphatic carboxylic acids is 1. The van der Waals surface area contributed by atoms with E-state index in [9.17, 15) is 18.0 Å². The van der Waals surface area contributed by atoms with E-state index in [1.54, 1.807) is 20.8 Å². The summed E-state index contributed by atoms with van der Waals surface area (Å²) in [6.45, 7) is 6.08. The van der Waals surface area contributed by atoms with Gasteiger partial charge in [-0.1, -0.05) is 13.8 Å². The Morgan fingerprint density at radius 1 is 1.19 bits per heavy atom. The number of urea groups is 1. The van der Waals surface area contributed by atoms with Crippen LogP contribution in [0.3, 0.4) is 0 Å². The number of rotatable bonds is 10. The van der Waals surface area contributed by atoms with Crippen LogP contribution in [0.1, 0.15) is 27.2 Å². The molecule has 146 valence electrons. The van der Waals surface area contributed by atoms with E-state index in [2.05, 4.69) is 10.6 Å². The molecule has 0 aliphatic rings. The van der Waals surface area contributed by atoms with Crippen molar-refractivity contribution in [2.45, 2.75) is 32.1 Å². The fourth-order valence-corrected chi connectivity index (χ4v) is 3.84. The highest BCUT2D eigenvalue weighted by atomic mass is 32.2. The largest absolute Gasteiger partial charge is 0.492 e. The lowest BCUT2D eigenvalue weighted by Crippen LogP contribution is -2.32. The van der Waals surface area contributed by atoms with Crippen molar-refractivity contribution < 1.29 is 27.9 Å². The maximum atomic E-state index is 12.8. The number of nitrogens with one attached hydrogen (secondary N) is 2. The molecule has 1 aromatic rings. The van der Waals surface area contributed by atoms with E-state index >= 15 is 0 Å². The topological polar surface area (TPSA) is 125 Å². The second kappa shape index (κ2) is 9.97. The fraction of sp³-hybridized carbons (Fsp3) is 0.500. The summed E-state index contributed by atoms with van der Waals surface area (Å²) in [6, 6.07) is 3.70. The van der Waals surface area contributed by atoms with Crippen LogP contribution in [0.15, 0.2) is 23.1 Å². The summed E-state index contributed by atoms with van der Waals surface area (Å²) in [5.41, 5.74) is 0.256. The predicted molar refractivity (Wildman–Crippen MR) is 97.0 cm³/mol. The van der Waals surface area contributed by atoms with Crippen LogP contribution >= 0.6 is 0 Å². The minimum atomic E-state index is -3.78. The van der Waals surface area contributed by atoms with Gasteiger partial charge in [-0.2, -0.15) is 4.31 Å². The number of amides is 2. The van der Waals surface area contributed by atoms with Gasteiger partial charge in [-0.15, -0.1) is 0 Å². The molecule has 0 bridgehead atoms. The van der Waals surface area contributed by atoms with Crippen LogP contribution in [0.4, 0.5) is 10.5 Å². The van der Waals surface area contributed by atoms with Crippen molar-refractivity contribution in [3.05, 3.63) is 18.2 Å². The first-order valence-corrected chi connectivity index (χ1v) is 9.73. The Bertz CT molecular complexity index is 732. The number of anilines is 1. The van der Waals surface area contributed by atoms with Crippen LogP contribution in [-0.4, -0.2) is 56.1 Å². The molecule has 0 fully saturated rings. The average molecular weight is 387 g/mol. The first kappa shape index (κ1) is 21.7. The van der Waals surface area contributed by atoms with Crippen molar-refractivity contribution in [2.24, 2.45) is 0 Å². The van der Waals surface area contributed by atoms with Crippen molar-refractivity contribution >= 4 is 27.7 Å². The van der Waals surface area contributed by atoms with Gasteiger partial charge in [0.15, 0.2) is 0 Å². The van der Waals surface area contributed by atoms with E-state index in [1.165, 1.54) is 22.5 Å². The summed E-state index contributed by atoms with van der Waals surface area (Å²) < 4.78 is 32.4. The molecule has 3 N–H and O–H groups in total. The number of hydrogen-bond donors (Lipinski definition) is 3. The number of carboxylic acids is 1. The molecule has 10 heteroatoms. The number of ether oxygens (including phenoxy) is 1. The smallest absolute Gasteiger partial charge is 0.319 e. The van der Waals surface area contributed by atoms with Crippen molar-refractivity contribution in [2.75, 3.05) is 31.6 Å². The maximum absolute atomic E-state index is 12.8. The van der Waals surface area contributed by atoms with Gasteiger partial charge in [-0.25, -0.2) is 13.2 Å². The molecule has 0 heterocycles. The minimum Gasteiger partial charge on any atom is -0.492 e. The van der Waals surface area contributed by atoms with Gasteiger partial charge >= 0.3 is 12.0 Å². The highest BCUT2D eigenvalue weighted by molar-refractivity contribution is 7.89. The Hall–Kier alpha value is -2.33. The molecular weight excluding hydrogens is 362 g/mol. The van der Waals surface area contributed by atoms with Crippen LogP contribution in [0.25, 0.3) is 0 Å². The zero-order valence-electron chi connectivity index (χ0n) is 15.1. The van der Waals surface area contributed by atoms with Gasteiger partial charge < -0.3 is 20.5 Å². The number of hydrogen-bond acceptors (Lipinski definition) is 5. The standard InChI is InChI=1S/C16H25N3O6S/c1-4-19(5-2)26(23,24)14-11-12(7-8-13(14)25-6-3)18-16(22)17-10-9-15(20)21/h7-8,11H,4-6,9-10H2,1-3H3,(H,20,21)(H2,17,18,22). The second-order valence-corrected chi connectivity index (χ2v) is 7.11. The highest BCUT2D eigenvalue weighted by Crippen LogP contribution is 2.30. The summed E-state index contributed by atoms with van der Waals surface area (Å²) in [4.78, 5) is 22.2. The SMILES string of the molecule is CCOc1ccc(NC(=O)NCCC(=O)O)cc1S(=O)(=O)N(CC)CC. The molecule has 0 aromatic heterocycles. The van der Waals surface area contributed by atoms with Gasteiger partial charge in [0.25, 0.3) is 0 Å². The fourth-order valence-electron chi connectivity index (χ4n) is 2.22. The Balaban J connectivity index is 3.07. The third-order valence-electron chi connectivity index (χ3n) is 3.45.